The van der Waals surface area contributed by atoms with Gasteiger partial charge in [0.05, 0.1) is 26.3 Å². The lowest BCUT2D eigenvalue weighted by Crippen LogP contribution is -2.69. The highest BCUT2D eigenvalue weighted by Crippen LogP contribution is 2.52. The molecule has 0 aromatic heterocycles. The maximum absolute atomic E-state index is 15.3. The van der Waals surface area contributed by atoms with E-state index < -0.39 is 59.6 Å². The summed E-state index contributed by atoms with van der Waals surface area (Å²) in [5, 5.41) is 7.42. The number of anilines is 2. The molecule has 14 rings (SSSR count). The Labute approximate surface area is 422 Å². The summed E-state index contributed by atoms with van der Waals surface area (Å²) in [6.45, 7) is 0. The molecular formula is C62H40N4O8. The first-order valence-electron chi connectivity index (χ1n) is 24.3. The highest BCUT2D eigenvalue weighted by molar-refractivity contribution is 6.35. The topological polar surface area (TPSA) is 134 Å². The van der Waals surface area contributed by atoms with Gasteiger partial charge in [0.25, 0.3) is 35.4 Å². The van der Waals surface area contributed by atoms with E-state index in [1.807, 2.05) is 97.1 Å². The molecule has 4 aliphatic rings. The van der Waals surface area contributed by atoms with Crippen molar-refractivity contribution >= 4 is 101 Å². The van der Waals surface area contributed by atoms with Gasteiger partial charge in [0.1, 0.15) is 23.6 Å². The van der Waals surface area contributed by atoms with Crippen molar-refractivity contribution in [3.63, 3.8) is 0 Å². The van der Waals surface area contributed by atoms with E-state index in [1.54, 1.807) is 72.6 Å². The predicted octanol–water partition coefficient (Wildman–Crippen LogP) is 11.0. The van der Waals surface area contributed by atoms with E-state index in [1.165, 1.54) is 24.3 Å². The minimum absolute atomic E-state index is 0.0666. The number of nitrogens with zero attached hydrogens (tertiary/aromatic N) is 4. The SMILES string of the molecule is COc1ccc(N2C(=O)C(N3C(=O)c4ccc5c6c(ccc(c46)C3=O)C(=O)N(C3C(=O)N(c4ccc(OC)cc4)C3c3c4ccccc4cc4ccccc34)C5=O)C2c2c3ccccc3cc3ccccc23)cc1. The van der Waals surface area contributed by atoms with Gasteiger partial charge in [0.15, 0.2) is 0 Å². The van der Waals surface area contributed by atoms with Crippen molar-refractivity contribution in [1.29, 1.82) is 0 Å². The lowest BCUT2D eigenvalue weighted by Gasteiger charge is -2.52. The Balaban J connectivity index is 0.890. The van der Waals surface area contributed by atoms with Gasteiger partial charge in [-0.25, -0.2) is 0 Å². The lowest BCUT2D eigenvalue weighted by molar-refractivity contribution is -0.130. The van der Waals surface area contributed by atoms with Gasteiger partial charge < -0.3 is 19.3 Å². The Hall–Kier alpha value is -9.68. The Kier molecular flexibility index (Phi) is 9.28. The number of hydrogen-bond donors (Lipinski definition) is 0. The average Bonchev–Trinajstić information content (AvgIpc) is 3.48. The summed E-state index contributed by atoms with van der Waals surface area (Å²) in [5.74, 6) is -2.67. The number of hydrogen-bond acceptors (Lipinski definition) is 8. The van der Waals surface area contributed by atoms with E-state index in [-0.39, 0.29) is 33.0 Å². The number of rotatable bonds is 8. The smallest absolute Gasteiger partial charge is 0.262 e. The molecule has 12 heteroatoms. The largest absolute Gasteiger partial charge is 0.497 e. The van der Waals surface area contributed by atoms with Crippen LogP contribution in [-0.4, -0.2) is 71.5 Å². The fourth-order valence-electron chi connectivity index (χ4n) is 12.2. The molecular weight excluding hydrogens is 929 g/mol. The second-order valence-corrected chi connectivity index (χ2v) is 19.1. The van der Waals surface area contributed by atoms with Gasteiger partial charge in [-0.15, -0.1) is 0 Å². The minimum atomic E-state index is -1.28. The summed E-state index contributed by atoms with van der Waals surface area (Å²) in [5.41, 5.74) is 2.93. The van der Waals surface area contributed by atoms with Gasteiger partial charge in [-0.3, -0.25) is 38.6 Å². The predicted molar refractivity (Wildman–Crippen MR) is 282 cm³/mol. The van der Waals surface area contributed by atoms with Crippen LogP contribution in [0.1, 0.15) is 64.6 Å². The van der Waals surface area contributed by atoms with Gasteiger partial charge in [-0.1, -0.05) is 97.1 Å². The normalized spacial score (nSPS) is 19.3. The Morgan fingerprint density at radius 1 is 0.324 bits per heavy atom. The molecule has 4 unspecified atom stereocenters. The third-order valence-electron chi connectivity index (χ3n) is 15.6. The van der Waals surface area contributed by atoms with Crippen LogP contribution in [0.3, 0.4) is 0 Å². The molecule has 2 fully saturated rings. The number of carbonyl (C=O) groups is 6. The van der Waals surface area contributed by atoms with E-state index in [0.29, 0.717) is 22.9 Å². The van der Waals surface area contributed by atoms with E-state index >= 15 is 19.2 Å². The number of fused-ring (bicyclic) bond motifs is 4. The maximum atomic E-state index is 15.3. The fraction of sp³-hybridized carbons (Fsp3) is 0.0968. The number of ether oxygens (including phenoxy) is 2. The van der Waals surface area contributed by atoms with Crippen LogP contribution in [-0.2, 0) is 9.59 Å². The van der Waals surface area contributed by atoms with Gasteiger partial charge in [0, 0.05) is 44.4 Å². The van der Waals surface area contributed by atoms with Crippen LogP contribution in [0.25, 0.3) is 53.9 Å². The van der Waals surface area contributed by atoms with Crippen molar-refractivity contribution < 1.29 is 38.2 Å². The van der Waals surface area contributed by atoms with Crippen molar-refractivity contribution in [2.75, 3.05) is 24.0 Å². The van der Waals surface area contributed by atoms with Crippen LogP contribution >= 0.6 is 0 Å². The first kappa shape index (κ1) is 43.1. The van der Waals surface area contributed by atoms with Gasteiger partial charge in [-0.2, -0.15) is 0 Å². The van der Waals surface area contributed by atoms with Crippen molar-refractivity contribution in [3.05, 3.63) is 215 Å². The second kappa shape index (κ2) is 15.9. The zero-order valence-corrected chi connectivity index (χ0v) is 39.7. The molecule has 0 spiro atoms. The third-order valence-corrected chi connectivity index (χ3v) is 15.6. The summed E-state index contributed by atoms with van der Waals surface area (Å²) in [6, 6.07) is 51.5. The highest BCUT2D eigenvalue weighted by atomic mass is 16.5. The van der Waals surface area contributed by atoms with E-state index in [0.717, 1.165) is 64.0 Å². The van der Waals surface area contributed by atoms with Gasteiger partial charge >= 0.3 is 0 Å². The van der Waals surface area contributed by atoms with Gasteiger partial charge in [-0.05, 0) is 139 Å². The number of imide groups is 2. The molecule has 6 amide bonds. The molecule has 4 atom stereocenters. The number of benzene rings is 10. The summed E-state index contributed by atoms with van der Waals surface area (Å²) >= 11 is 0. The van der Waals surface area contributed by atoms with Crippen LogP contribution in [0.2, 0.25) is 0 Å². The van der Waals surface area contributed by atoms with Crippen LogP contribution in [0.4, 0.5) is 11.4 Å². The number of amides is 6. The summed E-state index contributed by atoms with van der Waals surface area (Å²) in [7, 11) is 3.12. The maximum Gasteiger partial charge on any atom is 0.262 e. The summed E-state index contributed by atoms with van der Waals surface area (Å²) < 4.78 is 10.9. The van der Waals surface area contributed by atoms with Crippen molar-refractivity contribution in [3.8, 4) is 11.5 Å². The minimum Gasteiger partial charge on any atom is -0.497 e. The monoisotopic (exact) mass is 968 g/mol. The lowest BCUT2D eigenvalue weighted by atomic mass is 9.78. The standard InChI is InChI=1S/C62H40N4O8/c1-73-39-23-19-37(20-24-39)63-53(51-41-15-7-3-11-33(41)31-34-12-4-8-16-42(34)51)55(61(63)71)65-57(67)45-27-29-47-50-48(30-28-46(49(45)50)58(65)68)60(70)66(59(47)69)56-54(64(62(56)72)38-21-25-40(74-2)26-22-38)52-43-17-9-5-13-35(43)32-36-14-6-10-18-44(36)52/h3-32,53-56H,1-2H3. The molecule has 4 heterocycles. The average molecular weight is 969 g/mol. The molecule has 356 valence electrons. The fourth-order valence-corrected chi connectivity index (χ4v) is 12.2. The molecule has 0 bridgehead atoms. The molecule has 0 saturated carbocycles. The van der Waals surface area contributed by atoms with E-state index in [4.69, 9.17) is 9.47 Å². The van der Waals surface area contributed by atoms with Crippen LogP contribution < -0.4 is 19.3 Å². The zero-order valence-electron chi connectivity index (χ0n) is 39.7. The van der Waals surface area contributed by atoms with Gasteiger partial charge in [0.2, 0.25) is 0 Å². The molecule has 0 N–H and O–H groups in total. The Morgan fingerprint density at radius 3 is 0.892 bits per heavy atom. The van der Waals surface area contributed by atoms with Crippen LogP contribution in [0.5, 0.6) is 11.5 Å². The third kappa shape index (κ3) is 5.84. The summed E-state index contributed by atoms with van der Waals surface area (Å²) in [4.78, 5) is 96.5. The van der Waals surface area contributed by atoms with Crippen molar-refractivity contribution in [1.82, 2.24) is 9.80 Å². The molecule has 0 radical (unpaired) electrons. The summed E-state index contributed by atoms with van der Waals surface area (Å²) in [6.07, 6.45) is 0. The van der Waals surface area contributed by atoms with E-state index in [2.05, 4.69) is 12.1 Å². The number of β-lactam (4-membered cyclic amide) rings is 2. The molecule has 0 aliphatic carbocycles. The Bertz CT molecular complexity index is 3740. The quantitative estimate of drug-likeness (QED) is 0.0835. The Morgan fingerprint density at radius 2 is 0.608 bits per heavy atom. The molecule has 12 nitrogen and oxygen atoms in total. The van der Waals surface area contributed by atoms with Crippen LogP contribution in [0.15, 0.2) is 182 Å². The molecule has 2 saturated heterocycles. The molecule has 74 heavy (non-hydrogen) atoms. The first-order valence-corrected chi connectivity index (χ1v) is 24.3. The second-order valence-electron chi connectivity index (χ2n) is 19.1. The molecule has 10 aromatic carbocycles. The highest BCUT2D eigenvalue weighted by Gasteiger charge is 2.60. The van der Waals surface area contributed by atoms with Crippen LogP contribution in [0, 0.1) is 0 Å². The number of carbonyl (C=O) groups excluding carboxylic acids is 6. The zero-order chi connectivity index (χ0) is 50.3. The molecule has 10 aromatic rings. The first-order chi connectivity index (χ1) is 36.2. The number of methoxy groups -OCH3 is 2. The van der Waals surface area contributed by atoms with Crippen molar-refractivity contribution in [2.45, 2.75) is 24.2 Å². The van der Waals surface area contributed by atoms with E-state index in [9.17, 15) is 9.59 Å². The molecule has 4 aliphatic heterocycles. The van der Waals surface area contributed by atoms with Crippen molar-refractivity contribution in [2.24, 2.45) is 0 Å².